The summed E-state index contributed by atoms with van der Waals surface area (Å²) in [6, 6.07) is 18.5. The zero-order chi connectivity index (χ0) is 28.2. The van der Waals surface area contributed by atoms with Gasteiger partial charge in [-0.05, 0) is 104 Å². The van der Waals surface area contributed by atoms with Crippen LogP contribution in [-0.2, 0) is 22.6 Å². The fourth-order valence-electron chi connectivity index (χ4n) is 9.75. The molecule has 4 aliphatic carbocycles. The molecule has 4 heteroatoms. The SMILES string of the molecule is COc1ccc(COC2(O)CCC3(C)C(=CCC4C3CCC3(C)C4CCC3(Cc3ccccc3)C(C)=O)C2)cc1. The van der Waals surface area contributed by atoms with Crippen LogP contribution >= 0.6 is 0 Å². The molecule has 7 unspecified atom stereocenters. The number of aliphatic hydroxyl groups is 1. The van der Waals surface area contributed by atoms with Crippen molar-refractivity contribution in [2.45, 2.75) is 91.0 Å². The lowest BCUT2D eigenvalue weighted by molar-refractivity contribution is -0.231. The minimum absolute atomic E-state index is 0.0361. The smallest absolute Gasteiger partial charge is 0.169 e. The van der Waals surface area contributed by atoms with E-state index in [2.05, 4.69) is 50.3 Å². The van der Waals surface area contributed by atoms with E-state index < -0.39 is 5.79 Å². The Balaban J connectivity index is 1.20. The van der Waals surface area contributed by atoms with Crippen molar-refractivity contribution < 1.29 is 19.4 Å². The van der Waals surface area contributed by atoms with Crippen LogP contribution in [0.1, 0.15) is 83.3 Å². The molecule has 0 spiro atoms. The number of hydrogen-bond acceptors (Lipinski definition) is 4. The Labute approximate surface area is 240 Å². The highest BCUT2D eigenvalue weighted by Crippen LogP contribution is 2.70. The van der Waals surface area contributed by atoms with Gasteiger partial charge in [-0.2, -0.15) is 0 Å². The number of benzene rings is 2. The molecule has 0 aliphatic heterocycles. The van der Waals surface area contributed by atoms with E-state index in [4.69, 9.17) is 9.47 Å². The zero-order valence-electron chi connectivity index (χ0n) is 24.7. The highest BCUT2D eigenvalue weighted by molar-refractivity contribution is 5.84. The van der Waals surface area contributed by atoms with Crippen LogP contribution in [0.25, 0.3) is 0 Å². The molecule has 0 amide bonds. The van der Waals surface area contributed by atoms with Gasteiger partial charge in [-0.1, -0.05) is 68.0 Å². The summed E-state index contributed by atoms with van der Waals surface area (Å²) in [7, 11) is 1.67. The molecule has 6 rings (SSSR count). The van der Waals surface area contributed by atoms with E-state index in [0.29, 0.717) is 43.0 Å². The summed E-state index contributed by atoms with van der Waals surface area (Å²) in [5, 5.41) is 11.5. The first-order chi connectivity index (χ1) is 19.1. The summed E-state index contributed by atoms with van der Waals surface area (Å²) >= 11 is 0. The first kappa shape index (κ1) is 27.7. The normalized spacial score (nSPS) is 38.5. The molecule has 2 aromatic carbocycles. The molecule has 0 aromatic heterocycles. The first-order valence-electron chi connectivity index (χ1n) is 15.4. The standard InChI is InChI=1S/C36H46O4/c1-25(37)35(22-26-8-6-5-7-9-26)19-17-32-30-15-12-28-23-36(38,40-24-27-10-13-29(39-4)14-11-27)21-20-33(28,2)31(30)16-18-34(32,35)3/h5-14,30-32,38H,15-24H2,1-4H3. The molecular weight excluding hydrogens is 496 g/mol. The number of Topliss-reactive ketones (excluding diaryl/α,β-unsaturated/α-hetero) is 1. The maximum atomic E-state index is 13.5. The van der Waals surface area contributed by atoms with E-state index in [1.165, 1.54) is 17.6 Å². The highest BCUT2D eigenvalue weighted by atomic mass is 16.6. The molecule has 0 radical (unpaired) electrons. The van der Waals surface area contributed by atoms with E-state index in [9.17, 15) is 9.90 Å². The number of rotatable bonds is 7. The molecule has 4 nitrogen and oxygen atoms in total. The van der Waals surface area contributed by atoms with Gasteiger partial charge in [-0.3, -0.25) is 4.79 Å². The third kappa shape index (κ3) is 4.38. The predicted molar refractivity (Wildman–Crippen MR) is 158 cm³/mol. The molecule has 0 bridgehead atoms. The van der Waals surface area contributed by atoms with Crippen LogP contribution in [0.3, 0.4) is 0 Å². The quantitative estimate of drug-likeness (QED) is 0.288. The number of allylic oxidation sites excluding steroid dienone is 1. The highest BCUT2D eigenvalue weighted by Gasteiger charge is 2.65. The van der Waals surface area contributed by atoms with Crippen molar-refractivity contribution in [3.8, 4) is 5.75 Å². The number of ether oxygens (including phenoxy) is 2. The topological polar surface area (TPSA) is 55.8 Å². The average Bonchev–Trinajstić information content (AvgIpc) is 3.26. The Kier molecular flexibility index (Phi) is 7.02. The molecular formula is C36H46O4. The largest absolute Gasteiger partial charge is 0.497 e. The fourth-order valence-corrected chi connectivity index (χ4v) is 9.75. The third-order valence-electron chi connectivity index (χ3n) is 12.2. The molecule has 2 aromatic rings. The van der Waals surface area contributed by atoms with Crippen LogP contribution in [0.4, 0.5) is 0 Å². The van der Waals surface area contributed by atoms with E-state index >= 15 is 0 Å². The minimum Gasteiger partial charge on any atom is -0.497 e. The van der Waals surface area contributed by atoms with Crippen LogP contribution in [0.15, 0.2) is 66.2 Å². The Morgan fingerprint density at radius 2 is 1.65 bits per heavy atom. The molecule has 4 aliphatic rings. The Morgan fingerprint density at radius 3 is 2.35 bits per heavy atom. The second kappa shape index (κ2) is 10.1. The van der Waals surface area contributed by atoms with Gasteiger partial charge in [-0.15, -0.1) is 0 Å². The van der Waals surface area contributed by atoms with Gasteiger partial charge >= 0.3 is 0 Å². The summed E-state index contributed by atoms with van der Waals surface area (Å²) in [6.45, 7) is 7.17. The Morgan fingerprint density at radius 1 is 0.925 bits per heavy atom. The zero-order valence-corrected chi connectivity index (χ0v) is 24.7. The number of methoxy groups -OCH3 is 1. The van der Waals surface area contributed by atoms with Crippen molar-refractivity contribution in [1.29, 1.82) is 0 Å². The molecule has 3 fully saturated rings. The lowest BCUT2D eigenvalue weighted by Gasteiger charge is -2.60. The molecule has 0 saturated heterocycles. The van der Waals surface area contributed by atoms with Gasteiger partial charge in [0.2, 0.25) is 0 Å². The van der Waals surface area contributed by atoms with Crippen molar-refractivity contribution in [2.24, 2.45) is 34.0 Å². The van der Waals surface area contributed by atoms with Gasteiger partial charge in [-0.25, -0.2) is 0 Å². The van der Waals surface area contributed by atoms with Gasteiger partial charge in [0.05, 0.1) is 13.7 Å². The molecule has 1 N–H and O–H groups in total. The number of fused-ring (bicyclic) bond motifs is 5. The minimum atomic E-state index is -1.12. The number of ketones is 1. The van der Waals surface area contributed by atoms with Crippen molar-refractivity contribution >= 4 is 5.78 Å². The summed E-state index contributed by atoms with van der Waals surface area (Å²) in [4.78, 5) is 13.5. The van der Waals surface area contributed by atoms with Gasteiger partial charge in [0.25, 0.3) is 0 Å². The summed E-state index contributed by atoms with van der Waals surface area (Å²) in [6.07, 6.45) is 11.0. The van der Waals surface area contributed by atoms with Gasteiger partial charge in [0, 0.05) is 18.3 Å². The van der Waals surface area contributed by atoms with Crippen molar-refractivity contribution in [3.05, 3.63) is 77.4 Å². The molecule has 214 valence electrons. The Hall–Kier alpha value is -2.43. The van der Waals surface area contributed by atoms with Gasteiger partial charge in [0.1, 0.15) is 11.5 Å². The van der Waals surface area contributed by atoms with Gasteiger partial charge < -0.3 is 14.6 Å². The van der Waals surface area contributed by atoms with E-state index in [1.807, 2.05) is 31.2 Å². The third-order valence-corrected chi connectivity index (χ3v) is 12.2. The van der Waals surface area contributed by atoms with Crippen molar-refractivity contribution in [3.63, 3.8) is 0 Å². The van der Waals surface area contributed by atoms with E-state index in [0.717, 1.165) is 49.8 Å². The number of carbonyl (C=O) groups is 1. The summed E-state index contributed by atoms with van der Waals surface area (Å²) in [5.74, 6) is 1.88. The number of carbonyl (C=O) groups excluding carboxylic acids is 1. The van der Waals surface area contributed by atoms with E-state index in [-0.39, 0.29) is 16.2 Å². The average molecular weight is 543 g/mol. The predicted octanol–water partition coefficient (Wildman–Crippen LogP) is 7.68. The maximum Gasteiger partial charge on any atom is 0.169 e. The monoisotopic (exact) mass is 542 g/mol. The first-order valence-corrected chi connectivity index (χ1v) is 15.4. The lowest BCUT2D eigenvalue weighted by Crippen LogP contribution is -2.55. The Bertz CT molecular complexity index is 1270. The summed E-state index contributed by atoms with van der Waals surface area (Å²) < 4.78 is 11.5. The van der Waals surface area contributed by atoms with Crippen LogP contribution in [0, 0.1) is 34.0 Å². The fraction of sp³-hybridized carbons (Fsp3) is 0.583. The van der Waals surface area contributed by atoms with Gasteiger partial charge in [0.15, 0.2) is 5.79 Å². The maximum absolute atomic E-state index is 13.5. The molecule has 7 atom stereocenters. The van der Waals surface area contributed by atoms with Crippen LogP contribution in [0.2, 0.25) is 0 Å². The lowest BCUT2D eigenvalue weighted by atomic mass is 9.44. The van der Waals surface area contributed by atoms with Crippen molar-refractivity contribution in [2.75, 3.05) is 7.11 Å². The van der Waals surface area contributed by atoms with Crippen LogP contribution < -0.4 is 4.74 Å². The van der Waals surface area contributed by atoms with Crippen LogP contribution in [-0.4, -0.2) is 23.8 Å². The second-order valence-electron chi connectivity index (χ2n) is 13.8. The second-order valence-corrected chi connectivity index (χ2v) is 13.8. The van der Waals surface area contributed by atoms with E-state index in [1.54, 1.807) is 7.11 Å². The molecule has 0 heterocycles. The molecule has 3 saturated carbocycles. The van der Waals surface area contributed by atoms with Crippen LogP contribution in [0.5, 0.6) is 5.75 Å². The molecule has 40 heavy (non-hydrogen) atoms. The number of hydrogen-bond donors (Lipinski definition) is 1. The summed E-state index contributed by atoms with van der Waals surface area (Å²) in [5.41, 5.74) is 3.59. The van der Waals surface area contributed by atoms with Crippen molar-refractivity contribution in [1.82, 2.24) is 0 Å².